The van der Waals surface area contributed by atoms with Gasteiger partial charge in [-0.15, -0.1) is 0 Å². The van der Waals surface area contributed by atoms with Crippen molar-refractivity contribution in [3.8, 4) is 0 Å². The minimum Gasteiger partial charge on any atom is -0.340 e. The molecule has 0 aliphatic carbocycles. The lowest BCUT2D eigenvalue weighted by Gasteiger charge is -2.23. The van der Waals surface area contributed by atoms with Crippen LogP contribution in [0.1, 0.15) is 39.5 Å². The molecule has 1 heterocycles. The van der Waals surface area contributed by atoms with Gasteiger partial charge in [-0.05, 0) is 32.0 Å². The number of hydrogen-bond acceptors (Lipinski definition) is 2. The Morgan fingerprint density at radius 1 is 1.44 bits per heavy atom. The molecule has 1 aliphatic rings. The van der Waals surface area contributed by atoms with Gasteiger partial charge >= 0.3 is 0 Å². The summed E-state index contributed by atoms with van der Waals surface area (Å²) in [4.78, 5) is 24.6. The molecule has 0 aromatic carbocycles. The van der Waals surface area contributed by atoms with Crippen LogP contribution < -0.4 is 0 Å². The van der Waals surface area contributed by atoms with Gasteiger partial charge in [0.2, 0.25) is 5.91 Å². The topological polar surface area (TPSA) is 37.4 Å². The van der Waals surface area contributed by atoms with Gasteiger partial charge in [0.15, 0.2) is 0 Å². The molecule has 1 aliphatic heterocycles. The fraction of sp³-hybridized carbons (Fsp3) is 0.833. The molecule has 88 valence electrons. The van der Waals surface area contributed by atoms with Gasteiger partial charge in [0.05, 0.1) is 7.85 Å². The Labute approximate surface area is 99.0 Å². The zero-order valence-corrected chi connectivity index (χ0v) is 10.2. The maximum Gasteiger partial charge on any atom is 0.214 e. The van der Waals surface area contributed by atoms with E-state index in [1.165, 1.54) is 0 Å². The first-order valence-electron chi connectivity index (χ1n) is 6.07. The van der Waals surface area contributed by atoms with Crippen LogP contribution in [0.4, 0.5) is 0 Å². The van der Waals surface area contributed by atoms with Crippen molar-refractivity contribution in [2.75, 3.05) is 6.54 Å². The van der Waals surface area contributed by atoms with Crippen LogP contribution in [0.2, 0.25) is 6.32 Å². The molecule has 0 spiro atoms. The van der Waals surface area contributed by atoms with Crippen molar-refractivity contribution in [1.82, 2.24) is 4.90 Å². The standard InChI is InChI=1S/C12H20BNO2/c1-3-4-10-6-11(5-9(2)15)14(8-10)12(16)7-13/h10-11H,3-8H2,1-2H3. The van der Waals surface area contributed by atoms with Crippen LogP contribution in [0, 0.1) is 5.92 Å². The Hall–Kier alpha value is -0.795. The van der Waals surface area contributed by atoms with Gasteiger partial charge in [-0.25, -0.2) is 0 Å². The molecule has 1 saturated heterocycles. The van der Waals surface area contributed by atoms with Crippen molar-refractivity contribution in [3.05, 3.63) is 0 Å². The van der Waals surface area contributed by atoms with E-state index in [0.717, 1.165) is 25.8 Å². The van der Waals surface area contributed by atoms with Crippen LogP contribution in [0.25, 0.3) is 0 Å². The van der Waals surface area contributed by atoms with Crippen LogP contribution in [-0.2, 0) is 9.59 Å². The number of carbonyl (C=O) groups is 2. The third-order valence-corrected chi connectivity index (χ3v) is 3.22. The minimum atomic E-state index is -0.0233. The predicted octanol–water partition coefficient (Wildman–Crippen LogP) is 1.57. The van der Waals surface area contributed by atoms with E-state index in [4.69, 9.17) is 7.85 Å². The van der Waals surface area contributed by atoms with E-state index < -0.39 is 0 Å². The van der Waals surface area contributed by atoms with Crippen molar-refractivity contribution < 1.29 is 9.59 Å². The Kier molecular flexibility index (Phi) is 5.03. The lowest BCUT2D eigenvalue weighted by Crippen LogP contribution is -2.36. The number of Topliss-reactive ketones (excluding diaryl/α,β-unsaturated/α-hetero) is 1. The lowest BCUT2D eigenvalue weighted by atomic mass is 9.98. The van der Waals surface area contributed by atoms with Crippen molar-refractivity contribution in [3.63, 3.8) is 0 Å². The Balaban J connectivity index is 2.63. The Morgan fingerprint density at radius 3 is 2.62 bits per heavy atom. The number of rotatable bonds is 5. The molecule has 1 fully saturated rings. The maximum atomic E-state index is 11.6. The fourth-order valence-corrected chi connectivity index (χ4v) is 2.58. The molecule has 0 N–H and O–H groups in total. The van der Waals surface area contributed by atoms with Gasteiger partial charge in [0, 0.05) is 19.0 Å². The summed E-state index contributed by atoms with van der Waals surface area (Å²) in [6.07, 6.45) is 3.74. The first-order chi connectivity index (χ1) is 7.58. The van der Waals surface area contributed by atoms with Gasteiger partial charge in [0.25, 0.3) is 0 Å². The van der Waals surface area contributed by atoms with E-state index >= 15 is 0 Å². The van der Waals surface area contributed by atoms with Crippen LogP contribution in [-0.4, -0.2) is 37.0 Å². The first kappa shape index (κ1) is 13.3. The first-order valence-corrected chi connectivity index (χ1v) is 6.07. The molecule has 1 rings (SSSR count). The van der Waals surface area contributed by atoms with Gasteiger partial charge in [-0.3, -0.25) is 9.59 Å². The van der Waals surface area contributed by atoms with Crippen molar-refractivity contribution in [2.24, 2.45) is 5.92 Å². The summed E-state index contributed by atoms with van der Waals surface area (Å²) in [5.41, 5.74) is 0. The van der Waals surface area contributed by atoms with E-state index in [1.54, 1.807) is 6.92 Å². The third-order valence-electron chi connectivity index (χ3n) is 3.22. The van der Waals surface area contributed by atoms with Crippen LogP contribution in [0.3, 0.4) is 0 Å². The lowest BCUT2D eigenvalue weighted by molar-refractivity contribution is -0.130. The van der Waals surface area contributed by atoms with Crippen LogP contribution >= 0.6 is 0 Å². The number of carbonyl (C=O) groups excluding carboxylic acids is 2. The SMILES string of the molecule is [B]CC(=O)N1CC(CCC)CC1CC(C)=O. The molecule has 2 unspecified atom stereocenters. The van der Waals surface area contributed by atoms with Gasteiger partial charge in [-0.1, -0.05) is 13.3 Å². The predicted molar refractivity (Wildman–Crippen MR) is 64.4 cm³/mol. The number of nitrogens with zero attached hydrogens (tertiary/aromatic N) is 1. The second-order valence-corrected chi connectivity index (χ2v) is 4.70. The summed E-state index contributed by atoms with van der Waals surface area (Å²) in [6.45, 7) is 4.51. The molecule has 16 heavy (non-hydrogen) atoms. The van der Waals surface area contributed by atoms with Gasteiger partial charge in [0.1, 0.15) is 5.78 Å². The zero-order chi connectivity index (χ0) is 12.1. The Morgan fingerprint density at radius 2 is 2.12 bits per heavy atom. The summed E-state index contributed by atoms with van der Waals surface area (Å²) in [5, 5.41) is 0. The van der Waals surface area contributed by atoms with Crippen LogP contribution in [0.15, 0.2) is 0 Å². The normalized spacial score (nSPS) is 24.8. The highest BCUT2D eigenvalue weighted by Gasteiger charge is 2.34. The second kappa shape index (κ2) is 6.07. The summed E-state index contributed by atoms with van der Waals surface area (Å²) in [7, 11) is 5.39. The van der Waals surface area contributed by atoms with Crippen LogP contribution in [0.5, 0.6) is 0 Å². The van der Waals surface area contributed by atoms with Crippen molar-refractivity contribution >= 4 is 19.5 Å². The smallest absolute Gasteiger partial charge is 0.214 e. The monoisotopic (exact) mass is 221 g/mol. The average molecular weight is 221 g/mol. The molecule has 0 aromatic rings. The Bertz CT molecular complexity index is 268. The molecule has 0 aromatic heterocycles. The molecule has 3 nitrogen and oxygen atoms in total. The molecule has 2 radical (unpaired) electrons. The molecular formula is C12H20BNO2. The summed E-state index contributed by atoms with van der Waals surface area (Å²) >= 11 is 0. The van der Waals surface area contributed by atoms with E-state index in [1.807, 2.05) is 4.90 Å². The third kappa shape index (κ3) is 3.36. The second-order valence-electron chi connectivity index (χ2n) is 4.70. The molecule has 0 bridgehead atoms. The van der Waals surface area contributed by atoms with E-state index in [0.29, 0.717) is 12.3 Å². The minimum absolute atomic E-state index is 0.0233. The number of hydrogen-bond donors (Lipinski definition) is 0. The molecule has 4 heteroatoms. The highest BCUT2D eigenvalue weighted by Crippen LogP contribution is 2.29. The molecule has 1 amide bonds. The van der Waals surface area contributed by atoms with E-state index in [2.05, 4.69) is 6.92 Å². The van der Waals surface area contributed by atoms with Gasteiger partial charge < -0.3 is 4.90 Å². The summed E-state index contributed by atoms with van der Waals surface area (Å²) in [5.74, 6) is 0.673. The zero-order valence-electron chi connectivity index (χ0n) is 10.2. The largest absolute Gasteiger partial charge is 0.340 e. The fourth-order valence-electron chi connectivity index (χ4n) is 2.58. The average Bonchev–Trinajstić information content (AvgIpc) is 2.59. The summed E-state index contributed by atoms with van der Waals surface area (Å²) in [6, 6.07) is 0.0881. The number of ketones is 1. The molecular weight excluding hydrogens is 201 g/mol. The van der Waals surface area contributed by atoms with Crippen molar-refractivity contribution in [1.29, 1.82) is 0 Å². The molecule has 0 saturated carbocycles. The van der Waals surface area contributed by atoms with Crippen molar-refractivity contribution in [2.45, 2.75) is 51.9 Å². The molecule has 2 atom stereocenters. The van der Waals surface area contributed by atoms with E-state index in [9.17, 15) is 9.59 Å². The summed E-state index contributed by atoms with van der Waals surface area (Å²) < 4.78 is 0. The quantitative estimate of drug-likeness (QED) is 0.661. The number of amides is 1. The maximum absolute atomic E-state index is 11.6. The highest BCUT2D eigenvalue weighted by atomic mass is 16.2. The highest BCUT2D eigenvalue weighted by molar-refractivity contribution is 6.19. The van der Waals surface area contributed by atoms with Gasteiger partial charge in [-0.2, -0.15) is 0 Å². The number of likely N-dealkylation sites (tertiary alicyclic amines) is 1. The van der Waals surface area contributed by atoms with E-state index in [-0.39, 0.29) is 24.1 Å².